The van der Waals surface area contributed by atoms with Gasteiger partial charge in [-0.1, -0.05) is 35.9 Å². The molecular weight excluding hydrogens is 434 g/mol. The van der Waals surface area contributed by atoms with Gasteiger partial charge in [0.2, 0.25) is 5.91 Å². The third-order valence-corrected chi connectivity index (χ3v) is 5.74. The van der Waals surface area contributed by atoms with Crippen LogP contribution < -0.4 is 0 Å². The monoisotopic (exact) mass is 459 g/mol. The zero-order chi connectivity index (χ0) is 24.3. The van der Waals surface area contributed by atoms with Gasteiger partial charge in [0.25, 0.3) is 0 Å². The van der Waals surface area contributed by atoms with Crippen molar-refractivity contribution in [3.63, 3.8) is 0 Å². The highest BCUT2D eigenvalue weighted by Crippen LogP contribution is 2.20. The van der Waals surface area contributed by atoms with E-state index in [9.17, 15) is 4.79 Å². The van der Waals surface area contributed by atoms with Crippen molar-refractivity contribution >= 4 is 17.7 Å². The fraction of sp³-hybridized carbons (Fsp3) is 0.333. The van der Waals surface area contributed by atoms with Gasteiger partial charge in [0.1, 0.15) is 6.33 Å². The summed E-state index contributed by atoms with van der Waals surface area (Å²) in [6.45, 7) is 13.4. The van der Waals surface area contributed by atoms with E-state index in [0.717, 1.165) is 61.6 Å². The van der Waals surface area contributed by atoms with Gasteiger partial charge >= 0.3 is 6.15 Å². The van der Waals surface area contributed by atoms with Crippen LogP contribution in [-0.4, -0.2) is 74.8 Å². The molecule has 0 spiro atoms. The highest BCUT2D eigenvalue weighted by Gasteiger charge is 2.21. The molecule has 1 aromatic heterocycles. The first-order chi connectivity index (χ1) is 16.5. The highest BCUT2D eigenvalue weighted by atomic mass is 16.2. The fourth-order valence-electron chi connectivity index (χ4n) is 3.77. The molecule has 0 unspecified atom stereocenters. The normalized spacial score (nSPS) is 13.4. The van der Waals surface area contributed by atoms with E-state index in [1.165, 1.54) is 5.56 Å². The van der Waals surface area contributed by atoms with Crippen molar-refractivity contribution in [2.45, 2.75) is 19.8 Å². The molecule has 10 heteroatoms. The van der Waals surface area contributed by atoms with E-state index >= 15 is 0 Å². The number of benzene rings is 2. The number of carbonyl (C=O) groups excluding carboxylic acids is 3. The molecule has 1 fully saturated rings. The summed E-state index contributed by atoms with van der Waals surface area (Å²) in [5, 5.41) is 11.1. The molecule has 0 bridgehead atoms. The molecule has 4 rings (SSSR count). The van der Waals surface area contributed by atoms with Crippen molar-refractivity contribution in [3.05, 3.63) is 76.9 Å². The molecule has 34 heavy (non-hydrogen) atoms. The van der Waals surface area contributed by atoms with E-state index in [2.05, 4.69) is 31.3 Å². The SMILES string of the molecule is O=C=O.[C-]#[N+]c1cc(CCN2CCN(C(=O)Cc3ccc(-n4cnnn4)cc3)CC2)ccc1C. The second-order valence-corrected chi connectivity index (χ2v) is 7.89. The van der Waals surface area contributed by atoms with E-state index in [4.69, 9.17) is 16.2 Å². The largest absolute Gasteiger partial charge is 0.373 e. The van der Waals surface area contributed by atoms with Gasteiger partial charge in [-0.15, -0.1) is 5.10 Å². The van der Waals surface area contributed by atoms with Crippen LogP contribution >= 0.6 is 0 Å². The number of piperazine rings is 1. The first-order valence-electron chi connectivity index (χ1n) is 10.8. The van der Waals surface area contributed by atoms with E-state index in [1.807, 2.05) is 48.2 Å². The van der Waals surface area contributed by atoms with Crippen molar-refractivity contribution in [2.75, 3.05) is 32.7 Å². The Morgan fingerprint density at radius 3 is 2.35 bits per heavy atom. The smallest absolute Gasteiger partial charge is 0.340 e. The number of tetrazole rings is 1. The van der Waals surface area contributed by atoms with E-state index in [1.54, 1.807) is 11.0 Å². The van der Waals surface area contributed by atoms with Crippen LogP contribution in [0.2, 0.25) is 0 Å². The van der Waals surface area contributed by atoms with E-state index < -0.39 is 0 Å². The first kappa shape index (κ1) is 24.5. The maximum absolute atomic E-state index is 12.7. The second-order valence-electron chi connectivity index (χ2n) is 7.89. The summed E-state index contributed by atoms with van der Waals surface area (Å²) in [6.07, 6.45) is 3.12. The minimum Gasteiger partial charge on any atom is -0.340 e. The van der Waals surface area contributed by atoms with Gasteiger partial charge in [-0.2, -0.15) is 9.59 Å². The standard InChI is InChI=1S/C23H25N7O.CO2/c1-18-3-4-20(15-22(18)24-2)9-10-28-11-13-29(14-12-28)23(31)16-19-5-7-21(8-6-19)30-17-25-26-27-30;2-1-3/h3-8,15,17H,9-14,16H2,1H3;. The van der Waals surface area contributed by atoms with Crippen LogP contribution in [0.1, 0.15) is 16.7 Å². The highest BCUT2D eigenvalue weighted by molar-refractivity contribution is 5.79. The number of carbonyl (C=O) groups is 1. The Kier molecular flexibility index (Phi) is 8.74. The minimum absolute atomic E-state index is 0.162. The fourth-order valence-corrected chi connectivity index (χ4v) is 3.77. The maximum atomic E-state index is 12.7. The Labute approximate surface area is 197 Å². The Morgan fingerprint density at radius 1 is 1.06 bits per heavy atom. The average Bonchev–Trinajstić information content (AvgIpc) is 3.40. The number of aryl methyl sites for hydroxylation is 1. The molecule has 0 radical (unpaired) electrons. The van der Waals surface area contributed by atoms with Crippen LogP contribution in [-0.2, 0) is 27.2 Å². The Morgan fingerprint density at radius 2 is 1.74 bits per heavy atom. The molecule has 0 saturated carbocycles. The molecule has 0 atom stereocenters. The summed E-state index contributed by atoms with van der Waals surface area (Å²) in [6, 6.07) is 13.9. The molecule has 2 aromatic carbocycles. The van der Waals surface area contributed by atoms with E-state index in [0.29, 0.717) is 6.42 Å². The molecule has 10 nitrogen and oxygen atoms in total. The average molecular weight is 460 g/mol. The summed E-state index contributed by atoms with van der Waals surface area (Å²) in [5.41, 5.74) is 4.81. The third-order valence-electron chi connectivity index (χ3n) is 5.74. The lowest BCUT2D eigenvalue weighted by molar-refractivity contribution is -0.191. The summed E-state index contributed by atoms with van der Waals surface area (Å²) in [7, 11) is 0. The lowest BCUT2D eigenvalue weighted by atomic mass is 10.1. The Hall–Kier alpha value is -4.19. The van der Waals surface area contributed by atoms with Crippen molar-refractivity contribution < 1.29 is 14.4 Å². The van der Waals surface area contributed by atoms with Crippen LogP contribution in [0.15, 0.2) is 48.8 Å². The summed E-state index contributed by atoms with van der Waals surface area (Å²) in [5.74, 6) is 0.162. The zero-order valence-electron chi connectivity index (χ0n) is 18.9. The van der Waals surface area contributed by atoms with Crippen LogP contribution in [0.25, 0.3) is 10.5 Å². The van der Waals surface area contributed by atoms with Crippen molar-refractivity contribution in [2.24, 2.45) is 0 Å². The van der Waals surface area contributed by atoms with Gasteiger partial charge in [0.15, 0.2) is 5.69 Å². The molecule has 2 heterocycles. The van der Waals surface area contributed by atoms with Gasteiger partial charge in [-0.3, -0.25) is 9.69 Å². The number of amides is 1. The molecule has 3 aromatic rings. The van der Waals surface area contributed by atoms with Gasteiger partial charge in [0.05, 0.1) is 18.7 Å². The van der Waals surface area contributed by atoms with Crippen LogP contribution in [0, 0.1) is 13.5 Å². The van der Waals surface area contributed by atoms with Gasteiger partial charge in [0, 0.05) is 32.7 Å². The zero-order valence-corrected chi connectivity index (χ0v) is 18.9. The molecule has 1 saturated heterocycles. The lowest BCUT2D eigenvalue weighted by Crippen LogP contribution is -2.49. The number of aromatic nitrogens is 4. The molecule has 1 aliphatic rings. The molecule has 174 valence electrons. The quantitative estimate of drug-likeness (QED) is 0.518. The van der Waals surface area contributed by atoms with E-state index in [-0.39, 0.29) is 12.1 Å². The van der Waals surface area contributed by atoms with Crippen molar-refractivity contribution in [1.82, 2.24) is 30.0 Å². The topological polar surface area (TPSA) is 106 Å². The Balaban J connectivity index is 0.00000103. The number of nitrogens with zero attached hydrogens (tertiary/aromatic N) is 7. The predicted octanol–water partition coefficient (Wildman–Crippen LogP) is 1.87. The van der Waals surface area contributed by atoms with Gasteiger partial charge < -0.3 is 4.90 Å². The molecule has 1 aliphatic heterocycles. The maximum Gasteiger partial charge on any atom is 0.373 e. The van der Waals surface area contributed by atoms with Crippen LogP contribution in [0.4, 0.5) is 5.69 Å². The third kappa shape index (κ3) is 6.65. The summed E-state index contributed by atoms with van der Waals surface area (Å²) < 4.78 is 1.59. The Bertz CT molecular complexity index is 1160. The van der Waals surface area contributed by atoms with Gasteiger partial charge in [-0.05, 0) is 47.0 Å². The molecule has 1 amide bonds. The lowest BCUT2D eigenvalue weighted by Gasteiger charge is -2.35. The van der Waals surface area contributed by atoms with Crippen molar-refractivity contribution in [1.29, 1.82) is 0 Å². The second kappa shape index (κ2) is 12.2. The van der Waals surface area contributed by atoms with Gasteiger partial charge in [-0.25, -0.2) is 9.53 Å². The number of hydrogen-bond donors (Lipinski definition) is 0. The van der Waals surface area contributed by atoms with Crippen LogP contribution in [0.5, 0.6) is 0 Å². The minimum atomic E-state index is 0.162. The summed E-state index contributed by atoms with van der Waals surface area (Å²) >= 11 is 0. The molecular formula is C24H25N7O3. The molecule has 0 N–H and O–H groups in total. The molecule has 0 aliphatic carbocycles. The first-order valence-corrected chi connectivity index (χ1v) is 10.8. The van der Waals surface area contributed by atoms with Crippen LogP contribution in [0.3, 0.4) is 0 Å². The van der Waals surface area contributed by atoms with Crippen molar-refractivity contribution in [3.8, 4) is 5.69 Å². The number of hydrogen-bond acceptors (Lipinski definition) is 7. The predicted molar refractivity (Wildman–Crippen MR) is 122 cm³/mol. The summed E-state index contributed by atoms with van der Waals surface area (Å²) in [4.78, 5) is 36.9. The number of rotatable bonds is 6.